The molecule has 1 aromatic rings. The zero-order valence-corrected chi connectivity index (χ0v) is 11.6. The van der Waals surface area contributed by atoms with Gasteiger partial charge < -0.3 is 15.4 Å². The summed E-state index contributed by atoms with van der Waals surface area (Å²) in [6, 6.07) is 7.11. The first-order valence-electron chi connectivity index (χ1n) is 6.91. The van der Waals surface area contributed by atoms with Crippen molar-refractivity contribution < 1.29 is 14.3 Å². The van der Waals surface area contributed by atoms with Crippen LogP contribution in [0.2, 0.25) is 0 Å². The van der Waals surface area contributed by atoms with Gasteiger partial charge in [0.1, 0.15) is 5.75 Å². The lowest BCUT2D eigenvalue weighted by atomic mass is 10.1. The van der Waals surface area contributed by atoms with Gasteiger partial charge in [-0.2, -0.15) is 0 Å². The molecule has 1 saturated heterocycles. The average Bonchev–Trinajstić information content (AvgIpc) is 2.69. The molecule has 0 radical (unpaired) electrons. The van der Waals surface area contributed by atoms with Crippen LogP contribution in [0.25, 0.3) is 0 Å². The third kappa shape index (κ3) is 3.73. The van der Waals surface area contributed by atoms with Crippen molar-refractivity contribution in [1.82, 2.24) is 10.6 Å². The third-order valence-electron chi connectivity index (χ3n) is 3.43. The fraction of sp³-hybridized carbons (Fsp3) is 0.467. The summed E-state index contributed by atoms with van der Waals surface area (Å²) in [7, 11) is 1.54. The van der Waals surface area contributed by atoms with Gasteiger partial charge in [-0.25, -0.2) is 0 Å². The molecule has 1 heterocycles. The second kappa shape index (κ2) is 6.93. The van der Waals surface area contributed by atoms with Gasteiger partial charge in [0.15, 0.2) is 0 Å². The van der Waals surface area contributed by atoms with Gasteiger partial charge in [0.05, 0.1) is 12.7 Å². The molecule has 0 bridgehead atoms. The highest BCUT2D eigenvalue weighted by Crippen LogP contribution is 2.17. The SMILES string of the molecule is COc1ccccc1C(=O)NC[C@H]1CCCCC(=O)N1. The molecule has 1 fully saturated rings. The minimum absolute atomic E-state index is 0.0173. The van der Waals surface area contributed by atoms with E-state index in [9.17, 15) is 9.59 Å². The zero-order chi connectivity index (χ0) is 14.4. The Hall–Kier alpha value is -2.04. The summed E-state index contributed by atoms with van der Waals surface area (Å²) in [6.45, 7) is 0.447. The van der Waals surface area contributed by atoms with E-state index in [1.165, 1.54) is 7.11 Å². The number of amides is 2. The molecule has 108 valence electrons. The van der Waals surface area contributed by atoms with E-state index in [4.69, 9.17) is 4.74 Å². The van der Waals surface area contributed by atoms with Crippen LogP contribution in [0.15, 0.2) is 24.3 Å². The molecule has 1 aromatic carbocycles. The first kappa shape index (κ1) is 14.4. The van der Waals surface area contributed by atoms with E-state index in [0.29, 0.717) is 24.3 Å². The van der Waals surface area contributed by atoms with Gasteiger partial charge in [0.25, 0.3) is 5.91 Å². The molecule has 2 amide bonds. The molecule has 5 nitrogen and oxygen atoms in total. The Kier molecular flexibility index (Phi) is 4.98. The number of hydrogen-bond donors (Lipinski definition) is 2. The molecule has 2 rings (SSSR count). The van der Waals surface area contributed by atoms with Crippen LogP contribution in [0.3, 0.4) is 0 Å². The van der Waals surface area contributed by atoms with E-state index in [-0.39, 0.29) is 17.9 Å². The highest BCUT2D eigenvalue weighted by Gasteiger charge is 2.18. The largest absolute Gasteiger partial charge is 0.496 e. The van der Waals surface area contributed by atoms with Crippen LogP contribution in [0.5, 0.6) is 5.75 Å². The first-order valence-corrected chi connectivity index (χ1v) is 6.91. The Balaban J connectivity index is 1.92. The molecule has 1 atom stereocenters. The molecule has 0 aliphatic carbocycles. The Morgan fingerprint density at radius 2 is 2.20 bits per heavy atom. The average molecular weight is 276 g/mol. The smallest absolute Gasteiger partial charge is 0.255 e. The first-order chi connectivity index (χ1) is 9.70. The number of carbonyl (C=O) groups is 2. The highest BCUT2D eigenvalue weighted by atomic mass is 16.5. The van der Waals surface area contributed by atoms with E-state index >= 15 is 0 Å². The molecular formula is C15H20N2O3. The Morgan fingerprint density at radius 3 is 3.00 bits per heavy atom. The Labute approximate surface area is 118 Å². The van der Waals surface area contributed by atoms with E-state index in [2.05, 4.69) is 10.6 Å². The number of ether oxygens (including phenoxy) is 1. The van der Waals surface area contributed by atoms with Gasteiger partial charge in [0, 0.05) is 19.0 Å². The molecule has 5 heteroatoms. The molecule has 0 saturated carbocycles. The lowest BCUT2D eigenvalue weighted by Gasteiger charge is -2.17. The summed E-state index contributed by atoms with van der Waals surface area (Å²) in [5, 5.41) is 5.79. The molecule has 20 heavy (non-hydrogen) atoms. The van der Waals surface area contributed by atoms with Crippen LogP contribution in [0, 0.1) is 0 Å². The predicted molar refractivity (Wildman–Crippen MR) is 75.7 cm³/mol. The fourth-order valence-corrected chi connectivity index (χ4v) is 2.34. The number of rotatable bonds is 4. The number of methoxy groups -OCH3 is 1. The van der Waals surface area contributed by atoms with Crippen molar-refractivity contribution in [3.63, 3.8) is 0 Å². The summed E-state index contributed by atoms with van der Waals surface area (Å²) in [5.74, 6) is 0.440. The molecule has 0 aromatic heterocycles. The van der Waals surface area contributed by atoms with Gasteiger partial charge in [-0.05, 0) is 25.0 Å². The highest BCUT2D eigenvalue weighted by molar-refractivity contribution is 5.96. The fourth-order valence-electron chi connectivity index (χ4n) is 2.34. The van der Waals surface area contributed by atoms with Gasteiger partial charge in [-0.1, -0.05) is 18.6 Å². The van der Waals surface area contributed by atoms with Crippen molar-refractivity contribution in [2.45, 2.75) is 31.7 Å². The Morgan fingerprint density at radius 1 is 1.40 bits per heavy atom. The maximum absolute atomic E-state index is 12.1. The molecule has 0 spiro atoms. The van der Waals surface area contributed by atoms with Crippen LogP contribution >= 0.6 is 0 Å². The second-order valence-electron chi connectivity index (χ2n) is 4.92. The number of para-hydroxylation sites is 1. The van der Waals surface area contributed by atoms with Crippen molar-refractivity contribution in [3.05, 3.63) is 29.8 Å². The second-order valence-corrected chi connectivity index (χ2v) is 4.92. The number of nitrogens with one attached hydrogen (secondary N) is 2. The zero-order valence-electron chi connectivity index (χ0n) is 11.6. The van der Waals surface area contributed by atoms with Crippen molar-refractivity contribution in [1.29, 1.82) is 0 Å². The number of carbonyl (C=O) groups excluding carboxylic acids is 2. The third-order valence-corrected chi connectivity index (χ3v) is 3.43. The Bertz CT molecular complexity index is 488. The summed E-state index contributed by atoms with van der Waals surface area (Å²) < 4.78 is 5.16. The quantitative estimate of drug-likeness (QED) is 0.875. The predicted octanol–water partition coefficient (Wildman–Crippen LogP) is 1.48. The van der Waals surface area contributed by atoms with Gasteiger partial charge >= 0.3 is 0 Å². The standard InChI is InChI=1S/C15H20N2O3/c1-20-13-8-4-3-7-12(13)15(19)16-10-11-6-2-5-9-14(18)17-11/h3-4,7-8,11H,2,5-6,9-10H2,1H3,(H,16,19)(H,17,18)/t11-/m1/s1. The van der Waals surface area contributed by atoms with Crippen molar-refractivity contribution >= 4 is 11.8 Å². The summed E-state index contributed by atoms with van der Waals surface area (Å²) in [6.07, 6.45) is 3.41. The van der Waals surface area contributed by atoms with Crippen LogP contribution in [0.4, 0.5) is 0 Å². The van der Waals surface area contributed by atoms with Crippen molar-refractivity contribution in [2.24, 2.45) is 0 Å². The van der Waals surface area contributed by atoms with E-state index < -0.39 is 0 Å². The van der Waals surface area contributed by atoms with Crippen molar-refractivity contribution in [3.8, 4) is 5.75 Å². The minimum atomic E-state index is -0.180. The van der Waals surface area contributed by atoms with Crippen LogP contribution in [-0.2, 0) is 4.79 Å². The lowest BCUT2D eigenvalue weighted by Crippen LogP contribution is -2.42. The van der Waals surface area contributed by atoms with Gasteiger partial charge in [0.2, 0.25) is 5.91 Å². The number of hydrogen-bond acceptors (Lipinski definition) is 3. The van der Waals surface area contributed by atoms with Crippen LogP contribution in [-0.4, -0.2) is 31.5 Å². The summed E-state index contributed by atoms with van der Waals surface area (Å²) in [5.41, 5.74) is 0.509. The normalized spacial score (nSPS) is 18.9. The maximum atomic E-state index is 12.1. The summed E-state index contributed by atoms with van der Waals surface area (Å²) >= 11 is 0. The molecule has 0 unspecified atom stereocenters. The maximum Gasteiger partial charge on any atom is 0.255 e. The molecule has 2 N–H and O–H groups in total. The monoisotopic (exact) mass is 276 g/mol. The van der Waals surface area contributed by atoms with E-state index in [1.54, 1.807) is 18.2 Å². The van der Waals surface area contributed by atoms with Crippen LogP contribution < -0.4 is 15.4 Å². The van der Waals surface area contributed by atoms with E-state index in [1.807, 2.05) is 6.07 Å². The van der Waals surface area contributed by atoms with E-state index in [0.717, 1.165) is 19.3 Å². The van der Waals surface area contributed by atoms with Gasteiger partial charge in [-0.3, -0.25) is 9.59 Å². The van der Waals surface area contributed by atoms with Crippen molar-refractivity contribution in [2.75, 3.05) is 13.7 Å². The minimum Gasteiger partial charge on any atom is -0.496 e. The summed E-state index contributed by atoms with van der Waals surface area (Å²) in [4.78, 5) is 23.6. The number of benzene rings is 1. The topological polar surface area (TPSA) is 67.4 Å². The molecule has 1 aliphatic rings. The lowest BCUT2D eigenvalue weighted by molar-refractivity contribution is -0.121. The van der Waals surface area contributed by atoms with Crippen LogP contribution in [0.1, 0.15) is 36.0 Å². The van der Waals surface area contributed by atoms with Gasteiger partial charge in [-0.15, -0.1) is 0 Å². The molecule has 1 aliphatic heterocycles. The molecular weight excluding hydrogens is 256 g/mol.